The van der Waals surface area contributed by atoms with E-state index in [1.165, 1.54) is 0 Å². The van der Waals surface area contributed by atoms with Gasteiger partial charge in [-0.3, -0.25) is 4.79 Å². The van der Waals surface area contributed by atoms with Crippen molar-refractivity contribution < 1.29 is 23.7 Å². The number of ether oxygens (including phenoxy) is 4. The summed E-state index contributed by atoms with van der Waals surface area (Å²) in [6, 6.07) is 9.47. The zero-order valence-corrected chi connectivity index (χ0v) is 16.2. The predicted octanol–water partition coefficient (Wildman–Crippen LogP) is 3.97. The third-order valence-electron chi connectivity index (χ3n) is 4.68. The highest BCUT2D eigenvalue weighted by atomic mass is 16.7. The van der Waals surface area contributed by atoms with Crippen molar-refractivity contribution in [2.45, 2.75) is 6.92 Å². The molecule has 0 saturated carbocycles. The first-order chi connectivity index (χ1) is 13.1. The third kappa shape index (κ3) is 3.02. The summed E-state index contributed by atoms with van der Waals surface area (Å²) in [5.41, 5.74) is 4.14. The van der Waals surface area contributed by atoms with Crippen LogP contribution >= 0.6 is 0 Å². The van der Waals surface area contributed by atoms with Crippen molar-refractivity contribution in [3.05, 3.63) is 41.5 Å². The maximum absolute atomic E-state index is 11.8. The van der Waals surface area contributed by atoms with Crippen LogP contribution < -0.4 is 14.2 Å². The zero-order chi connectivity index (χ0) is 19.6. The van der Waals surface area contributed by atoms with Crippen molar-refractivity contribution in [1.82, 2.24) is 4.57 Å². The highest BCUT2D eigenvalue weighted by Gasteiger charge is 2.24. The molecule has 0 amide bonds. The van der Waals surface area contributed by atoms with E-state index in [2.05, 4.69) is 0 Å². The van der Waals surface area contributed by atoms with Crippen molar-refractivity contribution in [2.24, 2.45) is 7.05 Å². The molecular weight excluding hydrogens is 346 g/mol. The standard InChI is InChI=1S/C21H23NO5/c1-13-18-20(14(11-23)10-17(26-5)21(18)27-12-24-3)22(2)19(13)15-8-6-7-9-16(15)25-4/h6-11H,12H2,1-5H3. The van der Waals surface area contributed by atoms with Gasteiger partial charge in [-0.05, 0) is 30.7 Å². The number of hydrogen-bond donors (Lipinski definition) is 0. The van der Waals surface area contributed by atoms with Crippen LogP contribution in [0.25, 0.3) is 22.2 Å². The van der Waals surface area contributed by atoms with Crippen LogP contribution in [-0.4, -0.2) is 39.0 Å². The van der Waals surface area contributed by atoms with Gasteiger partial charge in [0.2, 0.25) is 0 Å². The van der Waals surface area contributed by atoms with E-state index in [0.717, 1.165) is 39.8 Å². The van der Waals surface area contributed by atoms with Crippen LogP contribution in [0.4, 0.5) is 0 Å². The molecule has 6 heteroatoms. The molecule has 0 spiro atoms. The van der Waals surface area contributed by atoms with Gasteiger partial charge in [-0.1, -0.05) is 12.1 Å². The van der Waals surface area contributed by atoms with Crippen molar-refractivity contribution in [1.29, 1.82) is 0 Å². The van der Waals surface area contributed by atoms with Crippen LogP contribution in [0, 0.1) is 6.92 Å². The smallest absolute Gasteiger partial charge is 0.188 e. The minimum atomic E-state index is 0.0736. The first-order valence-corrected chi connectivity index (χ1v) is 8.49. The normalized spacial score (nSPS) is 10.9. The monoisotopic (exact) mass is 369 g/mol. The van der Waals surface area contributed by atoms with Crippen molar-refractivity contribution in [2.75, 3.05) is 28.1 Å². The lowest BCUT2D eigenvalue weighted by Gasteiger charge is -2.13. The average molecular weight is 369 g/mol. The van der Waals surface area contributed by atoms with E-state index in [-0.39, 0.29) is 6.79 Å². The van der Waals surface area contributed by atoms with Crippen molar-refractivity contribution >= 4 is 17.2 Å². The highest BCUT2D eigenvalue weighted by molar-refractivity contribution is 6.06. The Bertz CT molecular complexity index is 990. The third-order valence-corrected chi connectivity index (χ3v) is 4.68. The Hall–Kier alpha value is -2.99. The molecule has 1 aromatic heterocycles. The number of hydrogen-bond acceptors (Lipinski definition) is 5. The van der Waals surface area contributed by atoms with Gasteiger partial charge in [-0.15, -0.1) is 0 Å². The van der Waals surface area contributed by atoms with Gasteiger partial charge in [0.25, 0.3) is 0 Å². The number of methoxy groups -OCH3 is 3. The number of aryl methyl sites for hydroxylation is 2. The largest absolute Gasteiger partial charge is 0.496 e. The Labute approximate surface area is 158 Å². The topological polar surface area (TPSA) is 58.9 Å². The second-order valence-corrected chi connectivity index (χ2v) is 6.12. The van der Waals surface area contributed by atoms with Gasteiger partial charge in [0.1, 0.15) is 5.75 Å². The Kier molecular flexibility index (Phi) is 5.37. The van der Waals surface area contributed by atoms with Gasteiger partial charge in [0, 0.05) is 25.3 Å². The molecule has 0 aliphatic heterocycles. The number of aldehydes is 1. The van der Waals surface area contributed by atoms with E-state index < -0.39 is 0 Å². The summed E-state index contributed by atoms with van der Waals surface area (Å²) < 4.78 is 23.9. The maximum atomic E-state index is 11.8. The van der Waals surface area contributed by atoms with E-state index in [4.69, 9.17) is 18.9 Å². The van der Waals surface area contributed by atoms with Gasteiger partial charge >= 0.3 is 0 Å². The van der Waals surface area contributed by atoms with E-state index in [0.29, 0.717) is 17.1 Å². The second-order valence-electron chi connectivity index (χ2n) is 6.12. The second kappa shape index (κ2) is 7.72. The minimum Gasteiger partial charge on any atom is -0.496 e. The predicted molar refractivity (Wildman–Crippen MR) is 104 cm³/mol. The Morgan fingerprint density at radius 2 is 1.78 bits per heavy atom. The van der Waals surface area contributed by atoms with E-state index >= 15 is 0 Å². The van der Waals surface area contributed by atoms with Crippen molar-refractivity contribution in [3.63, 3.8) is 0 Å². The molecule has 0 radical (unpaired) electrons. The van der Waals surface area contributed by atoms with Gasteiger partial charge < -0.3 is 23.5 Å². The Morgan fingerprint density at radius 1 is 1.07 bits per heavy atom. The molecule has 3 aromatic rings. The SMILES string of the molecule is COCOc1c(OC)cc(C=O)c2c1c(C)c(-c1ccccc1OC)n2C. The molecule has 6 nitrogen and oxygen atoms in total. The molecule has 0 atom stereocenters. The molecule has 1 heterocycles. The molecule has 0 saturated heterocycles. The molecule has 27 heavy (non-hydrogen) atoms. The molecule has 0 aliphatic carbocycles. The average Bonchev–Trinajstić information content (AvgIpc) is 2.96. The van der Waals surface area contributed by atoms with Crippen LogP contribution in [0.1, 0.15) is 15.9 Å². The zero-order valence-electron chi connectivity index (χ0n) is 16.2. The lowest BCUT2D eigenvalue weighted by Crippen LogP contribution is -2.03. The summed E-state index contributed by atoms with van der Waals surface area (Å²) in [5, 5.41) is 0.817. The summed E-state index contributed by atoms with van der Waals surface area (Å²) in [5.74, 6) is 1.79. The first-order valence-electron chi connectivity index (χ1n) is 8.49. The van der Waals surface area contributed by atoms with Crippen LogP contribution in [0.5, 0.6) is 17.2 Å². The van der Waals surface area contributed by atoms with Crippen molar-refractivity contribution in [3.8, 4) is 28.5 Å². The van der Waals surface area contributed by atoms with E-state index in [1.807, 2.05) is 42.8 Å². The molecule has 142 valence electrons. The number of para-hydroxylation sites is 1. The summed E-state index contributed by atoms with van der Waals surface area (Å²) in [7, 11) is 6.68. The molecular formula is C21H23NO5. The van der Waals surface area contributed by atoms with E-state index in [9.17, 15) is 4.79 Å². The van der Waals surface area contributed by atoms with Crippen LogP contribution in [-0.2, 0) is 11.8 Å². The number of benzene rings is 2. The van der Waals surface area contributed by atoms with Crippen LogP contribution in [0.3, 0.4) is 0 Å². The fourth-order valence-electron chi connectivity index (χ4n) is 3.57. The fourth-order valence-corrected chi connectivity index (χ4v) is 3.57. The number of fused-ring (bicyclic) bond motifs is 1. The lowest BCUT2D eigenvalue weighted by atomic mass is 10.0. The summed E-state index contributed by atoms with van der Waals surface area (Å²) in [6.07, 6.45) is 0.830. The number of carbonyl (C=O) groups is 1. The van der Waals surface area contributed by atoms with Gasteiger partial charge in [0.15, 0.2) is 24.6 Å². The number of aromatic nitrogens is 1. The molecule has 0 N–H and O–H groups in total. The highest BCUT2D eigenvalue weighted by Crippen LogP contribution is 2.45. The molecule has 0 bridgehead atoms. The fraction of sp³-hybridized carbons (Fsp3) is 0.286. The molecule has 0 fully saturated rings. The number of nitrogens with zero attached hydrogens (tertiary/aromatic N) is 1. The maximum Gasteiger partial charge on any atom is 0.188 e. The van der Waals surface area contributed by atoms with E-state index in [1.54, 1.807) is 27.4 Å². The van der Waals surface area contributed by atoms with Crippen LogP contribution in [0.15, 0.2) is 30.3 Å². The molecule has 2 aromatic carbocycles. The molecule has 0 unspecified atom stereocenters. The van der Waals surface area contributed by atoms with Gasteiger partial charge in [-0.2, -0.15) is 0 Å². The summed E-state index contributed by atoms with van der Waals surface area (Å²) in [6.45, 7) is 2.07. The number of rotatable bonds is 7. The quantitative estimate of drug-likeness (QED) is 0.466. The van der Waals surface area contributed by atoms with Crippen LogP contribution in [0.2, 0.25) is 0 Å². The first kappa shape index (κ1) is 18.8. The molecule has 3 rings (SSSR count). The van der Waals surface area contributed by atoms with Gasteiger partial charge in [0.05, 0.1) is 30.8 Å². The Morgan fingerprint density at radius 3 is 2.41 bits per heavy atom. The lowest BCUT2D eigenvalue weighted by molar-refractivity contribution is 0.0503. The number of carbonyl (C=O) groups excluding carboxylic acids is 1. The summed E-state index contributed by atoms with van der Waals surface area (Å²) in [4.78, 5) is 11.8. The summed E-state index contributed by atoms with van der Waals surface area (Å²) >= 11 is 0. The van der Waals surface area contributed by atoms with Gasteiger partial charge in [-0.25, -0.2) is 0 Å². The minimum absolute atomic E-state index is 0.0736. The Balaban J connectivity index is 2.43. The molecule has 0 aliphatic rings.